The van der Waals surface area contributed by atoms with Crippen LogP contribution in [0.2, 0.25) is 0 Å². The van der Waals surface area contributed by atoms with E-state index in [2.05, 4.69) is 10.2 Å². The van der Waals surface area contributed by atoms with Crippen molar-refractivity contribution in [2.45, 2.75) is 0 Å². The van der Waals surface area contributed by atoms with E-state index in [1.807, 2.05) is 36.4 Å². The molecule has 0 atom stereocenters. The number of hydrogen-bond acceptors (Lipinski definition) is 4. The van der Waals surface area contributed by atoms with Crippen LogP contribution in [0.3, 0.4) is 0 Å². The minimum Gasteiger partial charge on any atom is -0.289 e. The molecule has 0 amide bonds. The van der Waals surface area contributed by atoms with Crippen molar-refractivity contribution in [3.63, 3.8) is 0 Å². The number of carbonyl (C=O) groups is 2. The largest absolute Gasteiger partial charge is 0.289 e. The molecule has 0 fully saturated rings. The summed E-state index contributed by atoms with van der Waals surface area (Å²) in [5, 5.41) is 8.62. The van der Waals surface area contributed by atoms with E-state index in [4.69, 9.17) is 0 Å². The fourth-order valence-electron chi connectivity index (χ4n) is 3.10. The van der Waals surface area contributed by atoms with E-state index in [9.17, 15) is 9.59 Å². The lowest BCUT2D eigenvalue weighted by atomic mass is 10.0. The van der Waals surface area contributed by atoms with E-state index >= 15 is 0 Å². The normalized spacial score (nSPS) is 10.8. The van der Waals surface area contributed by atoms with E-state index in [0.29, 0.717) is 33.6 Å². The number of nitrogens with zero attached hydrogens (tertiary/aromatic N) is 2. The Morgan fingerprint density at radius 2 is 0.767 bits per heavy atom. The molecule has 30 heavy (non-hydrogen) atoms. The molecule has 0 bridgehead atoms. The van der Waals surface area contributed by atoms with Crippen molar-refractivity contribution in [2.24, 2.45) is 10.2 Å². The minimum atomic E-state index is -0.126. The highest BCUT2D eigenvalue weighted by molar-refractivity contribution is 6.12. The molecule has 4 heteroatoms. The number of rotatable bonds is 6. The van der Waals surface area contributed by atoms with Gasteiger partial charge in [0, 0.05) is 11.1 Å². The SMILES string of the molecule is O=C(c1ccccc1)c1ccccc1N=Nc1ccccc1C(=O)c1ccccc1. The molecule has 0 aliphatic heterocycles. The Hall–Kier alpha value is -4.18. The molecule has 0 N–H and O–H groups in total. The lowest BCUT2D eigenvalue weighted by Gasteiger charge is -2.06. The van der Waals surface area contributed by atoms with Gasteiger partial charge in [0.15, 0.2) is 11.6 Å². The first-order chi connectivity index (χ1) is 14.7. The van der Waals surface area contributed by atoms with Gasteiger partial charge in [-0.25, -0.2) is 0 Å². The first-order valence-corrected chi connectivity index (χ1v) is 9.53. The van der Waals surface area contributed by atoms with E-state index in [-0.39, 0.29) is 11.6 Å². The van der Waals surface area contributed by atoms with Crippen LogP contribution >= 0.6 is 0 Å². The van der Waals surface area contributed by atoms with Crippen LogP contribution in [0.1, 0.15) is 31.8 Å². The molecular weight excluding hydrogens is 372 g/mol. The molecular formula is C26H18N2O2. The van der Waals surface area contributed by atoms with Crippen molar-refractivity contribution in [3.8, 4) is 0 Å². The average Bonchev–Trinajstić information content (AvgIpc) is 2.83. The van der Waals surface area contributed by atoms with Crippen LogP contribution in [0, 0.1) is 0 Å². The Balaban J connectivity index is 1.68. The molecule has 0 heterocycles. The quantitative estimate of drug-likeness (QED) is 0.276. The molecule has 4 aromatic carbocycles. The van der Waals surface area contributed by atoms with Crippen molar-refractivity contribution in [3.05, 3.63) is 131 Å². The van der Waals surface area contributed by atoms with Gasteiger partial charge in [-0.2, -0.15) is 0 Å². The lowest BCUT2D eigenvalue weighted by Crippen LogP contribution is -2.01. The van der Waals surface area contributed by atoms with Gasteiger partial charge in [-0.1, -0.05) is 84.9 Å². The Labute approximate surface area is 174 Å². The first kappa shape index (κ1) is 19.2. The van der Waals surface area contributed by atoms with Crippen molar-refractivity contribution >= 4 is 22.9 Å². The molecule has 4 nitrogen and oxygen atoms in total. The van der Waals surface area contributed by atoms with Gasteiger partial charge in [0.05, 0.1) is 22.5 Å². The van der Waals surface area contributed by atoms with Gasteiger partial charge in [0.1, 0.15) is 0 Å². The van der Waals surface area contributed by atoms with Crippen molar-refractivity contribution < 1.29 is 9.59 Å². The third-order valence-electron chi connectivity index (χ3n) is 4.63. The average molecular weight is 390 g/mol. The van der Waals surface area contributed by atoms with Crippen molar-refractivity contribution in [1.82, 2.24) is 0 Å². The molecule has 0 saturated carbocycles. The van der Waals surface area contributed by atoms with Crippen molar-refractivity contribution in [1.29, 1.82) is 0 Å². The van der Waals surface area contributed by atoms with E-state index in [1.165, 1.54) is 0 Å². The summed E-state index contributed by atoms with van der Waals surface area (Å²) in [7, 11) is 0. The van der Waals surface area contributed by atoms with Gasteiger partial charge in [-0.05, 0) is 24.3 Å². The minimum absolute atomic E-state index is 0.126. The molecule has 4 aromatic rings. The highest BCUT2D eigenvalue weighted by Gasteiger charge is 2.15. The van der Waals surface area contributed by atoms with Gasteiger partial charge in [0.2, 0.25) is 0 Å². The first-order valence-electron chi connectivity index (χ1n) is 9.53. The fraction of sp³-hybridized carbons (Fsp3) is 0. The molecule has 0 saturated heterocycles. The maximum atomic E-state index is 12.9. The maximum Gasteiger partial charge on any atom is 0.195 e. The molecule has 0 unspecified atom stereocenters. The number of carbonyl (C=O) groups excluding carboxylic acids is 2. The van der Waals surface area contributed by atoms with E-state index in [0.717, 1.165) is 0 Å². The van der Waals surface area contributed by atoms with Gasteiger partial charge in [-0.3, -0.25) is 9.59 Å². The maximum absolute atomic E-state index is 12.9. The second kappa shape index (κ2) is 8.88. The van der Waals surface area contributed by atoms with Crippen molar-refractivity contribution in [2.75, 3.05) is 0 Å². The third kappa shape index (κ3) is 4.13. The summed E-state index contributed by atoms with van der Waals surface area (Å²) in [6.07, 6.45) is 0. The van der Waals surface area contributed by atoms with E-state index < -0.39 is 0 Å². The second-order valence-electron chi connectivity index (χ2n) is 6.62. The smallest absolute Gasteiger partial charge is 0.195 e. The Kier molecular flexibility index (Phi) is 5.67. The fourth-order valence-corrected chi connectivity index (χ4v) is 3.10. The molecule has 0 spiro atoms. The highest BCUT2D eigenvalue weighted by Crippen LogP contribution is 2.27. The van der Waals surface area contributed by atoms with Gasteiger partial charge < -0.3 is 0 Å². The summed E-state index contributed by atoms with van der Waals surface area (Å²) in [5.41, 5.74) is 2.99. The molecule has 4 rings (SSSR count). The van der Waals surface area contributed by atoms with Crippen LogP contribution in [0.25, 0.3) is 0 Å². The molecule has 0 aromatic heterocycles. The van der Waals surface area contributed by atoms with E-state index in [1.54, 1.807) is 72.8 Å². The standard InChI is InChI=1S/C26H18N2O2/c29-25(19-11-3-1-4-12-19)21-15-7-9-17-23(21)27-28-24-18-10-8-16-22(24)26(30)20-13-5-2-6-14-20/h1-18H. The summed E-state index contributed by atoms with van der Waals surface area (Å²) in [5.74, 6) is -0.252. The Morgan fingerprint density at radius 3 is 1.17 bits per heavy atom. The Bertz CT molecular complexity index is 1120. The molecule has 0 aliphatic rings. The van der Waals surface area contributed by atoms with Crippen LogP contribution in [0.4, 0.5) is 11.4 Å². The summed E-state index contributed by atoms with van der Waals surface area (Å²) in [4.78, 5) is 25.8. The zero-order valence-corrected chi connectivity index (χ0v) is 16.1. The highest BCUT2D eigenvalue weighted by atomic mass is 16.1. The zero-order valence-electron chi connectivity index (χ0n) is 16.1. The topological polar surface area (TPSA) is 58.9 Å². The van der Waals surface area contributed by atoms with Crippen LogP contribution in [0.5, 0.6) is 0 Å². The lowest BCUT2D eigenvalue weighted by molar-refractivity contribution is 0.103. The van der Waals surface area contributed by atoms with Gasteiger partial charge in [0.25, 0.3) is 0 Å². The molecule has 0 aliphatic carbocycles. The summed E-state index contributed by atoms with van der Waals surface area (Å²) in [6.45, 7) is 0. The second-order valence-corrected chi connectivity index (χ2v) is 6.62. The summed E-state index contributed by atoms with van der Waals surface area (Å²) in [6, 6.07) is 32.2. The van der Waals surface area contributed by atoms with Crippen LogP contribution < -0.4 is 0 Å². The van der Waals surface area contributed by atoms with Gasteiger partial charge >= 0.3 is 0 Å². The predicted molar refractivity (Wildman–Crippen MR) is 117 cm³/mol. The molecule has 0 radical (unpaired) electrons. The summed E-state index contributed by atoms with van der Waals surface area (Å²) < 4.78 is 0. The number of azo groups is 1. The number of hydrogen-bond donors (Lipinski definition) is 0. The van der Waals surface area contributed by atoms with Crippen LogP contribution in [0.15, 0.2) is 119 Å². The monoisotopic (exact) mass is 390 g/mol. The number of benzene rings is 4. The zero-order chi connectivity index (χ0) is 20.8. The van der Waals surface area contributed by atoms with Crippen LogP contribution in [-0.2, 0) is 0 Å². The third-order valence-corrected chi connectivity index (χ3v) is 4.63. The predicted octanol–water partition coefficient (Wildman–Crippen LogP) is 6.56. The Morgan fingerprint density at radius 1 is 0.433 bits per heavy atom. The van der Waals surface area contributed by atoms with Crippen LogP contribution in [-0.4, -0.2) is 11.6 Å². The number of ketones is 2. The summed E-state index contributed by atoms with van der Waals surface area (Å²) >= 11 is 0. The molecule has 144 valence electrons. The van der Waals surface area contributed by atoms with Gasteiger partial charge in [-0.15, -0.1) is 10.2 Å².